The Balaban J connectivity index is 2.19. The van der Waals surface area contributed by atoms with Crippen LogP contribution in [-0.4, -0.2) is 7.11 Å². The number of methoxy groups -OCH3 is 1. The molecular weight excluding hydrogens is 326 g/mol. The largest absolute Gasteiger partial charge is 0.496 e. The molecule has 0 aromatic heterocycles. The highest BCUT2D eigenvalue weighted by atomic mass is 79.9. The molecule has 0 fully saturated rings. The number of benzene rings is 2. The predicted octanol–water partition coefficient (Wildman–Crippen LogP) is 5.26. The van der Waals surface area contributed by atoms with Crippen molar-refractivity contribution < 1.29 is 4.74 Å². The Morgan fingerprint density at radius 2 is 1.90 bits per heavy atom. The van der Waals surface area contributed by atoms with Crippen LogP contribution in [-0.2, 0) is 0 Å². The number of ether oxygens (including phenoxy) is 1. The molecule has 1 N–H and O–H groups in total. The minimum atomic E-state index is 0.273. The second-order valence-corrected chi connectivity index (χ2v) is 6.06. The molecule has 1 unspecified atom stereocenters. The van der Waals surface area contributed by atoms with E-state index in [1.54, 1.807) is 7.11 Å². The fourth-order valence-electron chi connectivity index (χ4n) is 2.56. The summed E-state index contributed by atoms with van der Waals surface area (Å²) in [7, 11) is 1.73. The molecule has 3 heteroatoms. The third-order valence-electron chi connectivity index (χ3n) is 3.72. The minimum Gasteiger partial charge on any atom is -0.496 e. The van der Waals surface area contributed by atoms with E-state index < -0.39 is 0 Å². The lowest BCUT2D eigenvalue weighted by atomic mass is 10.0. The molecule has 0 aliphatic heterocycles. The molecule has 0 aliphatic carbocycles. The summed E-state index contributed by atoms with van der Waals surface area (Å²) in [4.78, 5) is 0. The van der Waals surface area contributed by atoms with Crippen LogP contribution in [0.15, 0.2) is 53.0 Å². The fourth-order valence-corrected chi connectivity index (χ4v) is 2.97. The first-order valence-corrected chi connectivity index (χ1v) is 8.09. The molecule has 2 aromatic rings. The predicted molar refractivity (Wildman–Crippen MR) is 91.7 cm³/mol. The van der Waals surface area contributed by atoms with Gasteiger partial charge in [-0.15, -0.1) is 0 Å². The number of hydrogen-bond acceptors (Lipinski definition) is 2. The van der Waals surface area contributed by atoms with Crippen molar-refractivity contribution in [3.8, 4) is 5.75 Å². The van der Waals surface area contributed by atoms with Crippen LogP contribution < -0.4 is 10.1 Å². The van der Waals surface area contributed by atoms with Crippen molar-refractivity contribution >= 4 is 15.9 Å². The standard InChI is InChI=1S/C18H22BrNO/c1-4-17(16-10-5-6-11-18(16)21-3)20-13(2)14-8-7-9-15(19)12-14/h5-13,17,20H,4H2,1-3H3/t13-,17?/m0/s1. The van der Waals surface area contributed by atoms with Gasteiger partial charge in [-0.25, -0.2) is 0 Å². The van der Waals surface area contributed by atoms with Crippen molar-refractivity contribution in [3.63, 3.8) is 0 Å². The molecular formula is C18H22BrNO. The maximum Gasteiger partial charge on any atom is 0.123 e. The quantitative estimate of drug-likeness (QED) is 0.769. The summed E-state index contributed by atoms with van der Waals surface area (Å²) in [5, 5.41) is 3.70. The highest BCUT2D eigenvalue weighted by molar-refractivity contribution is 9.10. The third kappa shape index (κ3) is 4.08. The van der Waals surface area contributed by atoms with Crippen LogP contribution in [0.2, 0.25) is 0 Å². The van der Waals surface area contributed by atoms with E-state index in [9.17, 15) is 0 Å². The number of nitrogens with one attached hydrogen (secondary N) is 1. The number of para-hydroxylation sites is 1. The summed E-state index contributed by atoms with van der Waals surface area (Å²) in [6.07, 6.45) is 1.01. The SMILES string of the molecule is CCC(N[C@@H](C)c1cccc(Br)c1)c1ccccc1OC. The first kappa shape index (κ1) is 16.1. The number of rotatable bonds is 6. The normalized spacial score (nSPS) is 13.7. The Labute approximate surface area is 135 Å². The number of hydrogen-bond donors (Lipinski definition) is 1. The lowest BCUT2D eigenvalue weighted by Gasteiger charge is -2.24. The molecule has 0 radical (unpaired) electrons. The van der Waals surface area contributed by atoms with E-state index in [0.717, 1.165) is 16.6 Å². The van der Waals surface area contributed by atoms with Gasteiger partial charge in [0.25, 0.3) is 0 Å². The molecule has 0 spiro atoms. The Morgan fingerprint density at radius 3 is 2.57 bits per heavy atom. The van der Waals surface area contributed by atoms with Gasteiger partial charge in [0.05, 0.1) is 7.11 Å². The van der Waals surface area contributed by atoms with Crippen molar-refractivity contribution in [1.82, 2.24) is 5.32 Å². The Morgan fingerprint density at radius 1 is 1.14 bits per heavy atom. The Kier molecular flexibility index (Phi) is 5.83. The monoisotopic (exact) mass is 347 g/mol. The highest BCUT2D eigenvalue weighted by Crippen LogP contribution is 2.29. The number of halogens is 1. The van der Waals surface area contributed by atoms with Crippen molar-refractivity contribution in [2.75, 3.05) is 7.11 Å². The lowest BCUT2D eigenvalue weighted by molar-refractivity contribution is 0.388. The van der Waals surface area contributed by atoms with Gasteiger partial charge in [0.1, 0.15) is 5.75 Å². The van der Waals surface area contributed by atoms with Crippen molar-refractivity contribution in [2.45, 2.75) is 32.4 Å². The third-order valence-corrected chi connectivity index (χ3v) is 4.22. The van der Waals surface area contributed by atoms with Crippen molar-refractivity contribution in [2.24, 2.45) is 0 Å². The van der Waals surface area contributed by atoms with E-state index >= 15 is 0 Å². The van der Waals surface area contributed by atoms with Gasteiger partial charge in [0.2, 0.25) is 0 Å². The van der Waals surface area contributed by atoms with Gasteiger partial charge >= 0.3 is 0 Å². The molecule has 0 heterocycles. The Hall–Kier alpha value is -1.32. The van der Waals surface area contributed by atoms with Gasteiger partial charge in [-0.3, -0.25) is 0 Å². The van der Waals surface area contributed by atoms with E-state index in [2.05, 4.69) is 65.4 Å². The molecule has 0 saturated heterocycles. The average molecular weight is 348 g/mol. The van der Waals surface area contributed by atoms with Gasteiger partial charge in [0, 0.05) is 22.1 Å². The van der Waals surface area contributed by atoms with Gasteiger partial charge in [-0.05, 0) is 37.1 Å². The topological polar surface area (TPSA) is 21.3 Å². The van der Waals surface area contributed by atoms with E-state index in [1.165, 1.54) is 11.1 Å². The Bertz CT molecular complexity index is 585. The van der Waals surface area contributed by atoms with Gasteiger partial charge in [-0.1, -0.05) is 53.2 Å². The summed E-state index contributed by atoms with van der Waals surface area (Å²) >= 11 is 3.53. The molecule has 0 amide bonds. The van der Waals surface area contributed by atoms with Gasteiger partial charge in [-0.2, -0.15) is 0 Å². The van der Waals surface area contributed by atoms with E-state index in [0.29, 0.717) is 0 Å². The molecule has 21 heavy (non-hydrogen) atoms. The van der Waals surface area contributed by atoms with Crippen LogP contribution in [0.25, 0.3) is 0 Å². The van der Waals surface area contributed by atoms with Crippen molar-refractivity contribution in [3.05, 3.63) is 64.1 Å². The van der Waals surface area contributed by atoms with Crippen molar-refractivity contribution in [1.29, 1.82) is 0 Å². The van der Waals surface area contributed by atoms with Gasteiger partial charge in [0.15, 0.2) is 0 Å². The molecule has 2 nitrogen and oxygen atoms in total. The summed E-state index contributed by atoms with van der Waals surface area (Å²) in [6.45, 7) is 4.39. The molecule has 2 atom stereocenters. The van der Waals surface area contributed by atoms with E-state index in [-0.39, 0.29) is 12.1 Å². The smallest absolute Gasteiger partial charge is 0.123 e. The van der Waals surface area contributed by atoms with Crippen LogP contribution >= 0.6 is 15.9 Å². The average Bonchev–Trinajstić information content (AvgIpc) is 2.52. The van der Waals surface area contributed by atoms with Crippen LogP contribution in [0.3, 0.4) is 0 Å². The minimum absolute atomic E-state index is 0.273. The van der Waals surface area contributed by atoms with Crippen LogP contribution in [0.4, 0.5) is 0 Å². The first-order chi connectivity index (χ1) is 10.2. The fraction of sp³-hybridized carbons (Fsp3) is 0.333. The van der Waals surface area contributed by atoms with E-state index in [4.69, 9.17) is 4.74 Å². The summed E-state index contributed by atoms with van der Waals surface area (Å²) in [6, 6.07) is 17.2. The van der Waals surface area contributed by atoms with Crippen LogP contribution in [0, 0.1) is 0 Å². The second-order valence-electron chi connectivity index (χ2n) is 5.15. The summed E-state index contributed by atoms with van der Waals surface area (Å²) < 4.78 is 6.60. The van der Waals surface area contributed by atoms with Crippen LogP contribution in [0.5, 0.6) is 5.75 Å². The summed E-state index contributed by atoms with van der Waals surface area (Å²) in [5.74, 6) is 0.943. The maximum absolute atomic E-state index is 5.49. The van der Waals surface area contributed by atoms with E-state index in [1.807, 2.05) is 18.2 Å². The van der Waals surface area contributed by atoms with Gasteiger partial charge < -0.3 is 10.1 Å². The first-order valence-electron chi connectivity index (χ1n) is 7.30. The molecule has 0 aliphatic rings. The molecule has 0 bridgehead atoms. The maximum atomic E-state index is 5.49. The highest BCUT2D eigenvalue weighted by Gasteiger charge is 2.17. The summed E-state index contributed by atoms with van der Waals surface area (Å²) in [5.41, 5.74) is 2.49. The molecule has 2 aromatic carbocycles. The zero-order valence-corrected chi connectivity index (χ0v) is 14.4. The molecule has 112 valence electrons. The molecule has 2 rings (SSSR count). The zero-order valence-electron chi connectivity index (χ0n) is 12.8. The van der Waals surface area contributed by atoms with Crippen LogP contribution in [0.1, 0.15) is 43.5 Å². The lowest BCUT2D eigenvalue weighted by Crippen LogP contribution is -2.24. The zero-order chi connectivity index (χ0) is 15.2. The second kappa shape index (κ2) is 7.62. The molecule has 0 saturated carbocycles.